The Hall–Kier alpha value is -3.36. The smallest absolute Gasteiger partial charge is 0.407 e. The predicted octanol–water partition coefficient (Wildman–Crippen LogP) is 2.43. The van der Waals surface area contributed by atoms with Crippen LogP contribution in [-0.2, 0) is 16.1 Å². The molecule has 2 fully saturated rings. The summed E-state index contributed by atoms with van der Waals surface area (Å²) in [7, 11) is 0. The summed E-state index contributed by atoms with van der Waals surface area (Å²) >= 11 is 0. The first-order chi connectivity index (χ1) is 16.2. The molecule has 2 amide bonds. The SMILES string of the molecule is O=C(NCC(=O)N1CCN(c2ccc(N3CCCCCC3)nn2)CC1)OCc1ccccc1. The molecule has 1 N–H and O–H groups in total. The van der Waals surface area contributed by atoms with E-state index >= 15 is 0 Å². The highest BCUT2D eigenvalue weighted by molar-refractivity contribution is 5.82. The number of nitrogens with zero attached hydrogens (tertiary/aromatic N) is 5. The minimum Gasteiger partial charge on any atom is -0.445 e. The second-order valence-corrected chi connectivity index (χ2v) is 8.43. The topological polar surface area (TPSA) is 90.9 Å². The lowest BCUT2D eigenvalue weighted by Gasteiger charge is -2.35. The Morgan fingerprint density at radius 2 is 1.39 bits per heavy atom. The number of amides is 2. The van der Waals surface area contributed by atoms with Crippen molar-refractivity contribution in [2.45, 2.75) is 32.3 Å². The number of carbonyl (C=O) groups excluding carboxylic acids is 2. The third kappa shape index (κ3) is 6.57. The highest BCUT2D eigenvalue weighted by atomic mass is 16.5. The molecule has 0 spiro atoms. The lowest BCUT2D eigenvalue weighted by molar-refractivity contribution is -0.130. The summed E-state index contributed by atoms with van der Waals surface area (Å²) in [5.74, 6) is 1.66. The van der Waals surface area contributed by atoms with E-state index in [0.717, 1.165) is 30.3 Å². The number of hydrogen-bond donors (Lipinski definition) is 1. The summed E-state index contributed by atoms with van der Waals surface area (Å²) in [5, 5.41) is 11.4. The molecule has 9 nitrogen and oxygen atoms in total. The Labute approximate surface area is 194 Å². The minimum absolute atomic E-state index is 0.0715. The van der Waals surface area contributed by atoms with Crippen molar-refractivity contribution in [1.82, 2.24) is 20.4 Å². The van der Waals surface area contributed by atoms with Gasteiger partial charge in [-0.2, -0.15) is 0 Å². The molecule has 0 saturated carbocycles. The number of anilines is 2. The van der Waals surface area contributed by atoms with Crippen LogP contribution >= 0.6 is 0 Å². The van der Waals surface area contributed by atoms with Gasteiger partial charge in [0.05, 0.1) is 0 Å². The largest absolute Gasteiger partial charge is 0.445 e. The molecule has 33 heavy (non-hydrogen) atoms. The molecule has 176 valence electrons. The highest BCUT2D eigenvalue weighted by Crippen LogP contribution is 2.19. The van der Waals surface area contributed by atoms with Gasteiger partial charge in [-0.15, -0.1) is 10.2 Å². The normalized spacial score (nSPS) is 16.8. The van der Waals surface area contributed by atoms with Crippen molar-refractivity contribution in [2.75, 3.05) is 55.6 Å². The van der Waals surface area contributed by atoms with Gasteiger partial charge in [0.25, 0.3) is 0 Å². The monoisotopic (exact) mass is 452 g/mol. The number of ether oxygens (including phenoxy) is 1. The first kappa shape index (κ1) is 22.8. The van der Waals surface area contributed by atoms with Crippen LogP contribution in [0.4, 0.5) is 16.4 Å². The van der Waals surface area contributed by atoms with Crippen LogP contribution in [0, 0.1) is 0 Å². The summed E-state index contributed by atoms with van der Waals surface area (Å²) < 4.78 is 5.15. The van der Waals surface area contributed by atoms with E-state index in [0.29, 0.717) is 26.2 Å². The Balaban J connectivity index is 1.18. The Kier molecular flexibility index (Phi) is 7.94. The number of carbonyl (C=O) groups is 2. The minimum atomic E-state index is -0.592. The third-order valence-electron chi connectivity index (χ3n) is 6.12. The summed E-state index contributed by atoms with van der Waals surface area (Å²) in [6.07, 6.45) is 4.40. The number of alkyl carbamates (subject to hydrolysis) is 1. The molecule has 0 radical (unpaired) electrons. The fourth-order valence-corrected chi connectivity index (χ4v) is 4.17. The molecular weight excluding hydrogens is 420 g/mol. The lowest BCUT2D eigenvalue weighted by Crippen LogP contribution is -2.51. The first-order valence-electron chi connectivity index (χ1n) is 11.7. The van der Waals surface area contributed by atoms with Gasteiger partial charge in [0.15, 0.2) is 11.6 Å². The van der Waals surface area contributed by atoms with Crippen molar-refractivity contribution in [3.05, 3.63) is 48.0 Å². The van der Waals surface area contributed by atoms with Crippen molar-refractivity contribution in [3.8, 4) is 0 Å². The Morgan fingerprint density at radius 3 is 2.00 bits per heavy atom. The molecule has 0 atom stereocenters. The summed E-state index contributed by atoms with van der Waals surface area (Å²) in [5.41, 5.74) is 0.901. The summed E-state index contributed by atoms with van der Waals surface area (Å²) in [6.45, 7) is 4.72. The maximum absolute atomic E-state index is 12.5. The van der Waals surface area contributed by atoms with Crippen molar-refractivity contribution >= 4 is 23.6 Å². The van der Waals surface area contributed by atoms with Gasteiger partial charge >= 0.3 is 6.09 Å². The number of nitrogens with one attached hydrogen (secondary N) is 1. The van der Waals surface area contributed by atoms with E-state index in [1.54, 1.807) is 4.90 Å². The molecule has 4 rings (SSSR count). The zero-order chi connectivity index (χ0) is 22.9. The van der Waals surface area contributed by atoms with Gasteiger partial charge in [-0.1, -0.05) is 43.2 Å². The van der Waals surface area contributed by atoms with Crippen molar-refractivity contribution in [1.29, 1.82) is 0 Å². The van der Waals surface area contributed by atoms with Crippen LogP contribution in [0.15, 0.2) is 42.5 Å². The molecule has 0 aliphatic carbocycles. The van der Waals surface area contributed by atoms with Gasteiger partial charge in [-0.25, -0.2) is 4.79 Å². The number of rotatable bonds is 6. The molecule has 2 saturated heterocycles. The van der Waals surface area contributed by atoms with Gasteiger partial charge in [0, 0.05) is 39.3 Å². The first-order valence-corrected chi connectivity index (χ1v) is 11.7. The molecule has 0 unspecified atom stereocenters. The predicted molar refractivity (Wildman–Crippen MR) is 126 cm³/mol. The van der Waals surface area contributed by atoms with E-state index in [9.17, 15) is 9.59 Å². The number of aromatic nitrogens is 2. The van der Waals surface area contributed by atoms with Crippen molar-refractivity contribution in [2.24, 2.45) is 0 Å². The molecule has 3 heterocycles. The van der Waals surface area contributed by atoms with Crippen LogP contribution in [0.1, 0.15) is 31.2 Å². The zero-order valence-corrected chi connectivity index (χ0v) is 19.0. The maximum atomic E-state index is 12.5. The van der Waals surface area contributed by atoms with E-state index in [1.807, 2.05) is 36.4 Å². The van der Waals surface area contributed by atoms with E-state index in [1.165, 1.54) is 25.7 Å². The van der Waals surface area contributed by atoms with Crippen LogP contribution in [0.25, 0.3) is 0 Å². The van der Waals surface area contributed by atoms with E-state index in [2.05, 4.69) is 31.4 Å². The van der Waals surface area contributed by atoms with Crippen molar-refractivity contribution in [3.63, 3.8) is 0 Å². The number of piperazine rings is 1. The van der Waals surface area contributed by atoms with Crippen LogP contribution in [0.2, 0.25) is 0 Å². The molecule has 2 aliphatic rings. The Morgan fingerprint density at radius 1 is 0.788 bits per heavy atom. The fraction of sp³-hybridized carbons (Fsp3) is 0.500. The zero-order valence-electron chi connectivity index (χ0n) is 19.0. The van der Waals surface area contributed by atoms with Crippen molar-refractivity contribution < 1.29 is 14.3 Å². The average Bonchev–Trinajstić information content (AvgIpc) is 3.17. The molecule has 0 bridgehead atoms. The highest BCUT2D eigenvalue weighted by Gasteiger charge is 2.23. The third-order valence-corrected chi connectivity index (χ3v) is 6.12. The van der Waals surface area contributed by atoms with Gasteiger partial charge in [-0.05, 0) is 30.5 Å². The maximum Gasteiger partial charge on any atom is 0.407 e. The molecule has 2 aliphatic heterocycles. The van der Waals surface area contributed by atoms with Gasteiger partial charge in [-0.3, -0.25) is 4.79 Å². The van der Waals surface area contributed by atoms with Crippen LogP contribution < -0.4 is 15.1 Å². The quantitative estimate of drug-likeness (QED) is 0.720. The lowest BCUT2D eigenvalue weighted by atomic mass is 10.2. The number of hydrogen-bond acceptors (Lipinski definition) is 7. The van der Waals surface area contributed by atoms with Gasteiger partial charge in [0.2, 0.25) is 5.91 Å². The number of benzene rings is 1. The second-order valence-electron chi connectivity index (χ2n) is 8.43. The molecule has 9 heteroatoms. The molecule has 1 aromatic carbocycles. The molecule has 2 aromatic rings. The molecular formula is C24H32N6O3. The average molecular weight is 453 g/mol. The summed E-state index contributed by atoms with van der Waals surface area (Å²) in [4.78, 5) is 30.6. The summed E-state index contributed by atoms with van der Waals surface area (Å²) in [6, 6.07) is 13.5. The van der Waals surface area contributed by atoms with E-state index in [-0.39, 0.29) is 19.1 Å². The van der Waals surface area contributed by atoms with Crippen LogP contribution in [0.3, 0.4) is 0 Å². The van der Waals surface area contributed by atoms with Crippen LogP contribution in [0.5, 0.6) is 0 Å². The van der Waals surface area contributed by atoms with Gasteiger partial charge < -0.3 is 24.8 Å². The van der Waals surface area contributed by atoms with Crippen LogP contribution in [-0.4, -0.2) is 72.9 Å². The molecule has 1 aromatic heterocycles. The van der Waals surface area contributed by atoms with Gasteiger partial charge in [0.1, 0.15) is 13.2 Å². The fourth-order valence-electron chi connectivity index (χ4n) is 4.17. The van der Waals surface area contributed by atoms with E-state index in [4.69, 9.17) is 4.74 Å². The standard InChI is InChI=1S/C24H32N6O3/c31-23(18-25-24(32)33-19-20-8-4-3-5-9-20)30-16-14-29(15-17-30)22-11-10-21(26-27-22)28-12-6-1-2-7-13-28/h3-5,8-11H,1-2,6-7,12-19H2,(H,25,32). The second kappa shape index (κ2) is 11.5. The Bertz CT molecular complexity index is 892. The van der Waals surface area contributed by atoms with E-state index < -0.39 is 6.09 Å².